The number of para-hydroxylation sites is 1. The predicted octanol–water partition coefficient (Wildman–Crippen LogP) is 3.78. The maximum atomic E-state index is 13.3. The van der Waals surface area contributed by atoms with Crippen LogP contribution in [0.1, 0.15) is 36.6 Å². The molecule has 0 bridgehead atoms. The van der Waals surface area contributed by atoms with Crippen molar-refractivity contribution in [2.75, 3.05) is 47.5 Å². The van der Waals surface area contributed by atoms with E-state index >= 15 is 0 Å². The molecule has 0 aromatic heterocycles. The molecular weight excluding hydrogens is 448 g/mol. The van der Waals surface area contributed by atoms with Crippen molar-refractivity contribution >= 4 is 17.4 Å². The van der Waals surface area contributed by atoms with Crippen LogP contribution in [0.3, 0.4) is 0 Å². The van der Waals surface area contributed by atoms with E-state index in [0.717, 1.165) is 18.7 Å². The van der Waals surface area contributed by atoms with Gasteiger partial charge < -0.3 is 29.1 Å². The van der Waals surface area contributed by atoms with E-state index in [9.17, 15) is 14.7 Å². The number of aliphatic hydroxyl groups is 1. The van der Waals surface area contributed by atoms with E-state index in [4.69, 9.17) is 14.2 Å². The van der Waals surface area contributed by atoms with Crippen LogP contribution in [0.25, 0.3) is 5.76 Å². The molecule has 1 saturated heterocycles. The van der Waals surface area contributed by atoms with Crippen molar-refractivity contribution in [1.29, 1.82) is 0 Å². The zero-order valence-electron chi connectivity index (χ0n) is 21.3. The van der Waals surface area contributed by atoms with Crippen LogP contribution in [0.5, 0.6) is 17.2 Å². The summed E-state index contributed by atoms with van der Waals surface area (Å²) in [6, 6.07) is 9.60. The summed E-state index contributed by atoms with van der Waals surface area (Å²) in [5.41, 5.74) is 1.81. The van der Waals surface area contributed by atoms with E-state index in [-0.39, 0.29) is 11.3 Å². The molecule has 3 rings (SSSR count). The third-order valence-corrected chi connectivity index (χ3v) is 6.49. The number of rotatable bonds is 10. The van der Waals surface area contributed by atoms with Crippen molar-refractivity contribution in [1.82, 2.24) is 9.80 Å². The molecule has 1 N–H and O–H groups in total. The Kier molecular flexibility index (Phi) is 8.40. The van der Waals surface area contributed by atoms with E-state index in [1.165, 1.54) is 19.1 Å². The minimum absolute atomic E-state index is 0.0191. The summed E-state index contributed by atoms with van der Waals surface area (Å²) < 4.78 is 16.4. The molecule has 0 saturated carbocycles. The minimum atomic E-state index is -0.835. The Hall–Kier alpha value is -3.52. The topological polar surface area (TPSA) is 88.5 Å². The Balaban J connectivity index is 2.21. The molecule has 0 aliphatic carbocycles. The molecule has 8 heteroatoms. The number of hydrogen-bond donors (Lipinski definition) is 1. The molecule has 0 spiro atoms. The second-order valence-electron chi connectivity index (χ2n) is 8.29. The predicted molar refractivity (Wildman–Crippen MR) is 134 cm³/mol. The van der Waals surface area contributed by atoms with Crippen LogP contribution < -0.4 is 14.2 Å². The number of aryl methyl sites for hydroxylation is 1. The van der Waals surface area contributed by atoms with Crippen molar-refractivity contribution < 1.29 is 28.9 Å². The molecule has 1 atom stereocenters. The third-order valence-electron chi connectivity index (χ3n) is 6.49. The number of Topliss-reactive ketones (excluding diaryl/α,β-unsaturated/α-hetero) is 1. The Labute approximate surface area is 206 Å². The van der Waals surface area contributed by atoms with E-state index in [1.807, 2.05) is 20.8 Å². The summed E-state index contributed by atoms with van der Waals surface area (Å²) in [6.45, 7) is 8.48. The average Bonchev–Trinajstić information content (AvgIpc) is 3.12. The number of methoxy groups -OCH3 is 3. The summed E-state index contributed by atoms with van der Waals surface area (Å²) in [7, 11) is 4.60. The molecule has 2 aromatic rings. The standard InChI is InChI=1S/C27H34N2O6/c1-7-28(8-2)14-15-29-23(19-10-9-11-21(34-5)26(19)35-6)22(25(31)27(29)32)24(30)18-12-13-20(33-4)17(3)16-18/h9-13,16,23,30H,7-8,14-15H2,1-6H3/b24-22+/t23-/m0/s1. The first-order valence-corrected chi connectivity index (χ1v) is 11.7. The molecule has 1 fully saturated rings. The van der Waals surface area contributed by atoms with Gasteiger partial charge in [-0.1, -0.05) is 26.0 Å². The first-order chi connectivity index (χ1) is 16.8. The van der Waals surface area contributed by atoms with Gasteiger partial charge >= 0.3 is 0 Å². The molecule has 8 nitrogen and oxygen atoms in total. The second-order valence-corrected chi connectivity index (χ2v) is 8.29. The van der Waals surface area contributed by atoms with Gasteiger partial charge in [-0.15, -0.1) is 0 Å². The van der Waals surface area contributed by atoms with Gasteiger partial charge in [0.25, 0.3) is 11.7 Å². The average molecular weight is 483 g/mol. The number of nitrogens with zero attached hydrogens (tertiary/aromatic N) is 2. The molecule has 1 aliphatic heterocycles. The lowest BCUT2D eigenvalue weighted by atomic mass is 9.94. The molecule has 1 amide bonds. The highest BCUT2D eigenvalue weighted by atomic mass is 16.5. The summed E-state index contributed by atoms with van der Waals surface area (Å²) in [6.07, 6.45) is 0. The van der Waals surface area contributed by atoms with Crippen LogP contribution in [0.15, 0.2) is 42.0 Å². The zero-order chi connectivity index (χ0) is 25.7. The van der Waals surface area contributed by atoms with Crippen LogP contribution >= 0.6 is 0 Å². The first-order valence-electron chi connectivity index (χ1n) is 11.7. The van der Waals surface area contributed by atoms with Crippen LogP contribution in [0, 0.1) is 6.92 Å². The van der Waals surface area contributed by atoms with Crippen molar-refractivity contribution in [3.63, 3.8) is 0 Å². The summed E-state index contributed by atoms with van der Waals surface area (Å²) >= 11 is 0. The monoisotopic (exact) mass is 482 g/mol. The molecule has 0 radical (unpaired) electrons. The number of likely N-dealkylation sites (tertiary alicyclic amines) is 1. The van der Waals surface area contributed by atoms with Crippen molar-refractivity contribution in [2.45, 2.75) is 26.8 Å². The van der Waals surface area contributed by atoms with Gasteiger partial charge in [-0.3, -0.25) is 9.59 Å². The number of amides is 1. The van der Waals surface area contributed by atoms with Gasteiger partial charge in [-0.2, -0.15) is 0 Å². The van der Waals surface area contributed by atoms with E-state index < -0.39 is 17.7 Å². The molecular formula is C27H34N2O6. The summed E-state index contributed by atoms with van der Waals surface area (Å²) in [5.74, 6) is -0.0862. The van der Waals surface area contributed by atoms with Gasteiger partial charge in [0.2, 0.25) is 0 Å². The number of hydrogen-bond acceptors (Lipinski definition) is 7. The highest BCUT2D eigenvalue weighted by Crippen LogP contribution is 2.45. The van der Waals surface area contributed by atoms with Crippen LogP contribution in [-0.2, 0) is 9.59 Å². The number of benzene rings is 2. The number of carbonyl (C=O) groups is 2. The lowest BCUT2D eigenvalue weighted by Gasteiger charge is -2.29. The smallest absolute Gasteiger partial charge is 0.295 e. The van der Waals surface area contributed by atoms with E-state index in [1.54, 1.807) is 43.5 Å². The number of aliphatic hydroxyl groups excluding tert-OH is 1. The molecule has 1 aliphatic rings. The number of carbonyl (C=O) groups excluding carboxylic acids is 2. The van der Waals surface area contributed by atoms with E-state index in [0.29, 0.717) is 41.5 Å². The van der Waals surface area contributed by atoms with Crippen molar-refractivity contribution in [2.24, 2.45) is 0 Å². The van der Waals surface area contributed by atoms with Crippen LogP contribution in [-0.4, -0.2) is 74.1 Å². The highest BCUT2D eigenvalue weighted by Gasteiger charge is 2.47. The molecule has 0 unspecified atom stereocenters. The van der Waals surface area contributed by atoms with Gasteiger partial charge in [-0.05, 0) is 49.8 Å². The van der Waals surface area contributed by atoms with Gasteiger partial charge in [0.15, 0.2) is 11.5 Å². The number of ether oxygens (including phenoxy) is 3. The fourth-order valence-electron chi connectivity index (χ4n) is 4.53. The van der Waals surface area contributed by atoms with Crippen molar-refractivity contribution in [3.8, 4) is 17.2 Å². The van der Waals surface area contributed by atoms with Gasteiger partial charge in [0.1, 0.15) is 11.5 Å². The molecule has 35 heavy (non-hydrogen) atoms. The Morgan fingerprint density at radius 1 is 1.00 bits per heavy atom. The fourth-order valence-corrected chi connectivity index (χ4v) is 4.53. The Morgan fingerprint density at radius 3 is 2.26 bits per heavy atom. The summed E-state index contributed by atoms with van der Waals surface area (Å²) in [5, 5.41) is 11.4. The summed E-state index contributed by atoms with van der Waals surface area (Å²) in [4.78, 5) is 30.3. The quantitative estimate of drug-likeness (QED) is 0.313. The lowest BCUT2D eigenvalue weighted by molar-refractivity contribution is -0.140. The Morgan fingerprint density at radius 2 is 1.69 bits per heavy atom. The number of likely N-dealkylation sites (N-methyl/N-ethyl adjacent to an activating group) is 1. The van der Waals surface area contributed by atoms with Gasteiger partial charge in [0, 0.05) is 24.2 Å². The normalized spacial score (nSPS) is 17.2. The zero-order valence-corrected chi connectivity index (χ0v) is 21.3. The van der Waals surface area contributed by atoms with Crippen LogP contribution in [0.4, 0.5) is 0 Å². The largest absolute Gasteiger partial charge is 0.507 e. The maximum absolute atomic E-state index is 13.3. The number of ketones is 1. The fraction of sp³-hybridized carbons (Fsp3) is 0.407. The van der Waals surface area contributed by atoms with Crippen LogP contribution in [0.2, 0.25) is 0 Å². The minimum Gasteiger partial charge on any atom is -0.507 e. The van der Waals surface area contributed by atoms with Crippen molar-refractivity contribution in [3.05, 3.63) is 58.7 Å². The molecule has 188 valence electrons. The maximum Gasteiger partial charge on any atom is 0.295 e. The lowest BCUT2D eigenvalue weighted by Crippen LogP contribution is -2.38. The SMILES string of the molecule is CCN(CC)CCN1C(=O)C(=O)/C(=C(/O)c2ccc(OC)c(C)c2)[C@@H]1c1cccc(OC)c1OC. The van der Waals surface area contributed by atoms with E-state index in [2.05, 4.69) is 4.90 Å². The van der Waals surface area contributed by atoms with Gasteiger partial charge in [0.05, 0.1) is 32.9 Å². The molecule has 1 heterocycles. The third kappa shape index (κ3) is 4.98. The Bertz CT molecular complexity index is 1120. The second kappa shape index (κ2) is 11.3. The first kappa shape index (κ1) is 26.1. The van der Waals surface area contributed by atoms with Gasteiger partial charge in [-0.25, -0.2) is 0 Å². The highest BCUT2D eigenvalue weighted by molar-refractivity contribution is 6.46. The molecule has 2 aromatic carbocycles.